The Labute approximate surface area is 106 Å². The highest BCUT2D eigenvalue weighted by molar-refractivity contribution is 5.30. The van der Waals surface area contributed by atoms with E-state index in [-0.39, 0.29) is 0 Å². The maximum atomic E-state index is 4.52. The van der Waals surface area contributed by atoms with Crippen molar-refractivity contribution in [1.82, 2.24) is 24.5 Å². The van der Waals surface area contributed by atoms with Crippen LogP contribution in [0.3, 0.4) is 0 Å². The van der Waals surface area contributed by atoms with Crippen LogP contribution in [0, 0.1) is 6.92 Å². The first-order chi connectivity index (χ1) is 8.83. The molecule has 1 saturated carbocycles. The Morgan fingerprint density at radius 3 is 3.06 bits per heavy atom. The molecule has 3 rings (SSSR count). The average Bonchev–Trinajstić information content (AvgIpc) is 2.94. The number of rotatable bonds is 6. The molecule has 0 radical (unpaired) electrons. The lowest BCUT2D eigenvalue weighted by atomic mass is 10.4. The van der Waals surface area contributed by atoms with Gasteiger partial charge in [-0.2, -0.15) is 0 Å². The second-order valence-electron chi connectivity index (χ2n) is 4.79. The fourth-order valence-corrected chi connectivity index (χ4v) is 2.07. The van der Waals surface area contributed by atoms with Crippen LogP contribution < -0.4 is 5.32 Å². The van der Waals surface area contributed by atoms with Crippen LogP contribution in [0.15, 0.2) is 18.6 Å². The SMILES string of the molecule is Cc1cn(C2CC2)c(NCCCn2ccnn2)n1. The lowest BCUT2D eigenvalue weighted by Gasteiger charge is -2.08. The molecule has 96 valence electrons. The Morgan fingerprint density at radius 2 is 2.33 bits per heavy atom. The zero-order valence-corrected chi connectivity index (χ0v) is 10.6. The summed E-state index contributed by atoms with van der Waals surface area (Å²) in [7, 11) is 0. The summed E-state index contributed by atoms with van der Waals surface area (Å²) in [6, 6.07) is 0.670. The van der Waals surface area contributed by atoms with E-state index >= 15 is 0 Å². The predicted molar refractivity (Wildman–Crippen MR) is 68.4 cm³/mol. The summed E-state index contributed by atoms with van der Waals surface area (Å²) < 4.78 is 4.12. The van der Waals surface area contributed by atoms with Gasteiger partial charge in [0.25, 0.3) is 0 Å². The van der Waals surface area contributed by atoms with Crippen LogP contribution in [0.4, 0.5) is 5.95 Å². The summed E-state index contributed by atoms with van der Waals surface area (Å²) in [5, 5.41) is 11.1. The number of aromatic nitrogens is 5. The summed E-state index contributed by atoms with van der Waals surface area (Å²) in [6.45, 7) is 3.83. The number of hydrogen-bond donors (Lipinski definition) is 1. The van der Waals surface area contributed by atoms with Crippen LogP contribution in [-0.2, 0) is 6.54 Å². The summed E-state index contributed by atoms with van der Waals surface area (Å²) in [5.74, 6) is 1.01. The molecule has 0 bridgehead atoms. The minimum Gasteiger partial charge on any atom is -0.356 e. The van der Waals surface area contributed by atoms with Crippen molar-refractivity contribution in [3.8, 4) is 0 Å². The molecule has 0 spiro atoms. The molecule has 2 heterocycles. The quantitative estimate of drug-likeness (QED) is 0.787. The smallest absolute Gasteiger partial charge is 0.203 e. The summed E-state index contributed by atoms with van der Waals surface area (Å²) in [4.78, 5) is 4.52. The van der Waals surface area contributed by atoms with Gasteiger partial charge in [-0.1, -0.05) is 5.21 Å². The van der Waals surface area contributed by atoms with Gasteiger partial charge in [0.2, 0.25) is 5.95 Å². The van der Waals surface area contributed by atoms with Gasteiger partial charge in [0.05, 0.1) is 11.9 Å². The van der Waals surface area contributed by atoms with Crippen molar-refractivity contribution >= 4 is 5.95 Å². The monoisotopic (exact) mass is 246 g/mol. The Kier molecular flexibility index (Phi) is 3.00. The van der Waals surface area contributed by atoms with E-state index < -0.39 is 0 Å². The van der Waals surface area contributed by atoms with Crippen LogP contribution in [0.5, 0.6) is 0 Å². The molecular weight excluding hydrogens is 228 g/mol. The molecule has 1 aliphatic rings. The van der Waals surface area contributed by atoms with Gasteiger partial charge >= 0.3 is 0 Å². The average molecular weight is 246 g/mol. The highest BCUT2D eigenvalue weighted by Gasteiger charge is 2.25. The molecule has 0 aromatic carbocycles. The fourth-order valence-electron chi connectivity index (χ4n) is 2.07. The van der Waals surface area contributed by atoms with E-state index in [9.17, 15) is 0 Å². The van der Waals surface area contributed by atoms with Gasteiger partial charge < -0.3 is 9.88 Å². The molecule has 0 atom stereocenters. The number of aryl methyl sites for hydroxylation is 2. The van der Waals surface area contributed by atoms with E-state index in [1.807, 2.05) is 17.8 Å². The number of imidazole rings is 1. The Morgan fingerprint density at radius 1 is 1.44 bits per heavy atom. The van der Waals surface area contributed by atoms with E-state index in [4.69, 9.17) is 0 Å². The first kappa shape index (κ1) is 11.3. The normalized spacial score (nSPS) is 14.9. The molecule has 1 N–H and O–H groups in total. The first-order valence-electron chi connectivity index (χ1n) is 6.46. The lowest BCUT2D eigenvalue weighted by molar-refractivity contribution is 0.568. The van der Waals surface area contributed by atoms with E-state index in [0.717, 1.165) is 31.2 Å². The minimum atomic E-state index is 0.670. The van der Waals surface area contributed by atoms with Crippen molar-refractivity contribution in [2.24, 2.45) is 0 Å². The largest absolute Gasteiger partial charge is 0.356 e. The molecule has 6 heteroatoms. The molecular formula is C12H18N6. The first-order valence-corrected chi connectivity index (χ1v) is 6.46. The minimum absolute atomic E-state index is 0.670. The zero-order chi connectivity index (χ0) is 12.4. The fraction of sp³-hybridized carbons (Fsp3) is 0.583. The van der Waals surface area contributed by atoms with Gasteiger partial charge in [0.1, 0.15) is 0 Å². The number of anilines is 1. The van der Waals surface area contributed by atoms with Gasteiger partial charge in [0, 0.05) is 31.5 Å². The summed E-state index contributed by atoms with van der Waals surface area (Å²) in [6.07, 6.45) is 9.30. The van der Waals surface area contributed by atoms with Crippen molar-refractivity contribution in [2.45, 2.75) is 38.8 Å². The van der Waals surface area contributed by atoms with Crippen molar-refractivity contribution in [2.75, 3.05) is 11.9 Å². The second-order valence-corrected chi connectivity index (χ2v) is 4.79. The molecule has 2 aromatic heterocycles. The lowest BCUT2D eigenvalue weighted by Crippen LogP contribution is -2.10. The zero-order valence-electron chi connectivity index (χ0n) is 10.6. The molecule has 6 nitrogen and oxygen atoms in total. The molecule has 2 aromatic rings. The van der Waals surface area contributed by atoms with Crippen LogP contribution in [0.25, 0.3) is 0 Å². The molecule has 1 aliphatic carbocycles. The number of nitrogens with zero attached hydrogens (tertiary/aromatic N) is 5. The van der Waals surface area contributed by atoms with Crippen LogP contribution in [-0.4, -0.2) is 31.1 Å². The molecule has 0 aliphatic heterocycles. The van der Waals surface area contributed by atoms with E-state index in [1.54, 1.807) is 6.20 Å². The van der Waals surface area contributed by atoms with Gasteiger partial charge in [-0.3, -0.25) is 4.68 Å². The van der Waals surface area contributed by atoms with Crippen molar-refractivity contribution in [3.05, 3.63) is 24.3 Å². The van der Waals surface area contributed by atoms with Gasteiger partial charge in [-0.15, -0.1) is 5.10 Å². The highest BCUT2D eigenvalue weighted by atomic mass is 15.4. The topological polar surface area (TPSA) is 60.6 Å². The maximum Gasteiger partial charge on any atom is 0.203 e. The second kappa shape index (κ2) is 4.80. The third-order valence-electron chi connectivity index (χ3n) is 3.11. The van der Waals surface area contributed by atoms with E-state index in [1.165, 1.54) is 12.8 Å². The highest BCUT2D eigenvalue weighted by Crippen LogP contribution is 2.37. The Balaban J connectivity index is 1.50. The Bertz CT molecular complexity index is 497. The molecule has 1 fully saturated rings. The maximum absolute atomic E-state index is 4.52. The van der Waals surface area contributed by atoms with Crippen molar-refractivity contribution < 1.29 is 0 Å². The third-order valence-corrected chi connectivity index (χ3v) is 3.11. The van der Waals surface area contributed by atoms with Crippen LogP contribution >= 0.6 is 0 Å². The van der Waals surface area contributed by atoms with E-state index in [0.29, 0.717) is 6.04 Å². The number of hydrogen-bond acceptors (Lipinski definition) is 4. The van der Waals surface area contributed by atoms with Gasteiger partial charge in [-0.05, 0) is 26.2 Å². The molecule has 18 heavy (non-hydrogen) atoms. The predicted octanol–water partition coefficient (Wildman–Crippen LogP) is 1.62. The molecule has 0 unspecified atom stereocenters. The van der Waals surface area contributed by atoms with Crippen molar-refractivity contribution in [1.29, 1.82) is 0 Å². The molecule has 0 saturated heterocycles. The molecule has 0 amide bonds. The van der Waals surface area contributed by atoms with Gasteiger partial charge in [0.15, 0.2) is 0 Å². The Hall–Kier alpha value is -1.85. The standard InChI is InChI=1S/C12H18N6/c1-10-9-18(11-3-4-11)12(15-10)13-5-2-7-17-8-6-14-16-17/h6,8-9,11H,2-5,7H2,1H3,(H,13,15). The van der Waals surface area contributed by atoms with Crippen molar-refractivity contribution in [3.63, 3.8) is 0 Å². The summed E-state index contributed by atoms with van der Waals surface area (Å²) >= 11 is 0. The van der Waals surface area contributed by atoms with Gasteiger partial charge in [-0.25, -0.2) is 4.98 Å². The third kappa shape index (κ3) is 2.52. The van der Waals surface area contributed by atoms with Crippen LogP contribution in [0.2, 0.25) is 0 Å². The van der Waals surface area contributed by atoms with E-state index in [2.05, 4.69) is 31.4 Å². The summed E-state index contributed by atoms with van der Waals surface area (Å²) in [5.41, 5.74) is 1.08. The number of nitrogens with one attached hydrogen (secondary N) is 1. The van der Waals surface area contributed by atoms with Crippen LogP contribution in [0.1, 0.15) is 31.0 Å².